The van der Waals surface area contributed by atoms with Crippen molar-refractivity contribution in [3.63, 3.8) is 0 Å². The molecular weight excluding hydrogens is 378 g/mol. The number of carbonyl (C=O) groups excluding carboxylic acids is 1. The van der Waals surface area contributed by atoms with Crippen LogP contribution in [0.25, 0.3) is 11.3 Å². The van der Waals surface area contributed by atoms with Gasteiger partial charge in [0.1, 0.15) is 17.9 Å². The van der Waals surface area contributed by atoms with Crippen molar-refractivity contribution in [2.24, 2.45) is 0 Å². The molecule has 28 heavy (non-hydrogen) atoms. The van der Waals surface area contributed by atoms with E-state index in [1.165, 1.54) is 6.33 Å². The zero-order valence-corrected chi connectivity index (χ0v) is 16.2. The molecule has 2 aromatic carbocycles. The number of anilines is 1. The highest BCUT2D eigenvalue weighted by Crippen LogP contribution is 2.22. The predicted octanol–water partition coefficient (Wildman–Crippen LogP) is 2.95. The second kappa shape index (κ2) is 8.18. The van der Waals surface area contributed by atoms with Crippen LogP contribution in [0, 0.1) is 0 Å². The normalized spacial score (nSPS) is 11.1. The van der Waals surface area contributed by atoms with Crippen molar-refractivity contribution in [2.45, 2.75) is 5.75 Å². The molecule has 0 unspecified atom stereocenters. The minimum atomic E-state index is -3.18. The number of amides is 1. The van der Waals surface area contributed by atoms with Gasteiger partial charge in [0, 0.05) is 23.4 Å². The number of hydrogen-bond acceptors (Lipinski definition) is 6. The van der Waals surface area contributed by atoms with Crippen molar-refractivity contribution in [2.75, 3.05) is 18.7 Å². The summed E-state index contributed by atoms with van der Waals surface area (Å²) in [6.07, 6.45) is 2.52. The number of carbonyl (C=O) groups is 1. The van der Waals surface area contributed by atoms with Crippen LogP contribution in [-0.2, 0) is 15.6 Å². The smallest absolute Gasteiger partial charge is 0.256 e. The van der Waals surface area contributed by atoms with E-state index >= 15 is 0 Å². The van der Waals surface area contributed by atoms with Gasteiger partial charge in [-0.25, -0.2) is 18.4 Å². The fourth-order valence-corrected chi connectivity index (χ4v) is 3.42. The van der Waals surface area contributed by atoms with Crippen LogP contribution in [0.5, 0.6) is 5.75 Å². The highest BCUT2D eigenvalue weighted by atomic mass is 32.2. The molecular formula is C20H19N3O4S. The molecule has 0 aliphatic rings. The number of nitrogens with one attached hydrogen (secondary N) is 1. The number of nitrogens with zero attached hydrogens (tertiary/aromatic N) is 2. The number of methoxy groups -OCH3 is 1. The lowest BCUT2D eigenvalue weighted by molar-refractivity contribution is 0.102. The molecule has 0 saturated heterocycles. The predicted molar refractivity (Wildman–Crippen MR) is 107 cm³/mol. The largest absolute Gasteiger partial charge is 0.497 e. The monoisotopic (exact) mass is 397 g/mol. The van der Waals surface area contributed by atoms with E-state index in [0.717, 1.165) is 17.6 Å². The summed E-state index contributed by atoms with van der Waals surface area (Å²) < 4.78 is 28.1. The summed E-state index contributed by atoms with van der Waals surface area (Å²) in [5.74, 6) is 0.581. The van der Waals surface area contributed by atoms with Crippen LogP contribution in [0.3, 0.4) is 0 Å². The molecule has 144 valence electrons. The molecule has 0 saturated carbocycles. The Balaban J connectivity index is 1.78. The first kappa shape index (κ1) is 19.5. The van der Waals surface area contributed by atoms with Gasteiger partial charge in [-0.3, -0.25) is 4.79 Å². The number of rotatable bonds is 6. The van der Waals surface area contributed by atoms with Crippen LogP contribution >= 0.6 is 0 Å². The van der Waals surface area contributed by atoms with Crippen molar-refractivity contribution in [1.29, 1.82) is 0 Å². The summed E-state index contributed by atoms with van der Waals surface area (Å²) in [5.41, 5.74) is 2.41. The average Bonchev–Trinajstić information content (AvgIpc) is 2.67. The molecule has 0 aliphatic heterocycles. The molecule has 0 fully saturated rings. The maximum Gasteiger partial charge on any atom is 0.256 e. The van der Waals surface area contributed by atoms with Gasteiger partial charge in [-0.05, 0) is 42.0 Å². The first-order valence-electron chi connectivity index (χ1n) is 8.38. The Morgan fingerprint density at radius 2 is 1.82 bits per heavy atom. The quantitative estimate of drug-likeness (QED) is 0.687. The van der Waals surface area contributed by atoms with Crippen LogP contribution in [0.2, 0.25) is 0 Å². The van der Waals surface area contributed by atoms with E-state index in [9.17, 15) is 13.2 Å². The Kier molecular flexibility index (Phi) is 5.70. The van der Waals surface area contributed by atoms with E-state index in [1.54, 1.807) is 37.4 Å². The average molecular weight is 397 g/mol. The third-order valence-corrected chi connectivity index (χ3v) is 4.77. The molecule has 1 N–H and O–H groups in total. The summed E-state index contributed by atoms with van der Waals surface area (Å²) >= 11 is 0. The second-order valence-electron chi connectivity index (χ2n) is 6.24. The highest BCUT2D eigenvalue weighted by Gasteiger charge is 2.11. The fourth-order valence-electron chi connectivity index (χ4n) is 2.64. The maximum atomic E-state index is 12.5. The fraction of sp³-hybridized carbons (Fsp3) is 0.150. The van der Waals surface area contributed by atoms with Gasteiger partial charge in [0.05, 0.1) is 18.6 Å². The van der Waals surface area contributed by atoms with Gasteiger partial charge in [0.15, 0.2) is 9.84 Å². The van der Waals surface area contributed by atoms with Gasteiger partial charge in [-0.2, -0.15) is 0 Å². The van der Waals surface area contributed by atoms with Crippen LogP contribution in [0.4, 0.5) is 5.82 Å². The van der Waals surface area contributed by atoms with E-state index in [-0.39, 0.29) is 11.7 Å². The van der Waals surface area contributed by atoms with Crippen LogP contribution in [0.1, 0.15) is 15.9 Å². The Hall–Kier alpha value is -3.26. The third kappa shape index (κ3) is 5.14. The Morgan fingerprint density at radius 3 is 2.50 bits per heavy atom. The van der Waals surface area contributed by atoms with Crippen LogP contribution in [-0.4, -0.2) is 37.7 Å². The van der Waals surface area contributed by atoms with E-state index in [1.807, 2.05) is 24.3 Å². The summed E-state index contributed by atoms with van der Waals surface area (Å²) in [6.45, 7) is 0. The summed E-state index contributed by atoms with van der Waals surface area (Å²) in [6, 6.07) is 15.5. The zero-order chi connectivity index (χ0) is 20.1. The number of ether oxygens (including phenoxy) is 1. The molecule has 0 radical (unpaired) electrons. The first-order chi connectivity index (χ1) is 13.3. The number of benzene rings is 2. The molecule has 0 atom stereocenters. The Labute approximate surface area is 163 Å². The number of aromatic nitrogens is 2. The zero-order valence-electron chi connectivity index (χ0n) is 15.4. The molecule has 0 bridgehead atoms. The lowest BCUT2D eigenvalue weighted by Gasteiger charge is -2.08. The molecule has 3 aromatic rings. The van der Waals surface area contributed by atoms with Gasteiger partial charge in [-0.1, -0.05) is 12.1 Å². The van der Waals surface area contributed by atoms with Crippen molar-refractivity contribution < 1.29 is 17.9 Å². The SMILES string of the molecule is COc1ccc(-c2cc(NC(=O)c3cccc(CS(C)(=O)=O)c3)ncn2)cc1. The second-order valence-corrected chi connectivity index (χ2v) is 8.38. The molecule has 0 spiro atoms. The van der Waals surface area contributed by atoms with Crippen LogP contribution in [0.15, 0.2) is 60.9 Å². The van der Waals surface area contributed by atoms with Gasteiger partial charge in [0.2, 0.25) is 0 Å². The molecule has 7 nitrogen and oxygen atoms in total. The summed E-state index contributed by atoms with van der Waals surface area (Å²) in [5, 5.41) is 2.72. The third-order valence-electron chi connectivity index (χ3n) is 3.91. The topological polar surface area (TPSA) is 98.2 Å². The van der Waals surface area contributed by atoms with E-state index < -0.39 is 9.84 Å². The van der Waals surface area contributed by atoms with Gasteiger partial charge >= 0.3 is 0 Å². The Bertz CT molecular complexity index is 1100. The number of hydrogen-bond donors (Lipinski definition) is 1. The van der Waals surface area contributed by atoms with Gasteiger partial charge in [-0.15, -0.1) is 0 Å². The molecule has 0 aliphatic carbocycles. The van der Waals surface area contributed by atoms with Gasteiger partial charge < -0.3 is 10.1 Å². The van der Waals surface area contributed by atoms with E-state index in [0.29, 0.717) is 22.6 Å². The van der Waals surface area contributed by atoms with E-state index in [4.69, 9.17) is 4.74 Å². The first-order valence-corrected chi connectivity index (χ1v) is 10.4. The lowest BCUT2D eigenvalue weighted by Crippen LogP contribution is -2.14. The van der Waals surface area contributed by atoms with Crippen molar-refractivity contribution in [1.82, 2.24) is 9.97 Å². The highest BCUT2D eigenvalue weighted by molar-refractivity contribution is 7.89. The number of sulfone groups is 1. The van der Waals surface area contributed by atoms with Crippen LogP contribution < -0.4 is 10.1 Å². The summed E-state index contributed by atoms with van der Waals surface area (Å²) in [7, 11) is -1.59. The molecule has 1 heterocycles. The standard InChI is InChI=1S/C20H19N3O4S/c1-27-17-8-6-15(7-9-17)18-11-19(22-13-21-18)23-20(24)16-5-3-4-14(10-16)12-28(2,25)26/h3-11,13H,12H2,1-2H3,(H,21,22,23,24). The molecule has 3 rings (SSSR count). The van der Waals surface area contributed by atoms with E-state index in [2.05, 4.69) is 15.3 Å². The Morgan fingerprint density at radius 1 is 1.07 bits per heavy atom. The van der Waals surface area contributed by atoms with Crippen molar-refractivity contribution in [3.8, 4) is 17.0 Å². The molecule has 1 aromatic heterocycles. The van der Waals surface area contributed by atoms with Crippen molar-refractivity contribution >= 4 is 21.6 Å². The molecule has 8 heteroatoms. The minimum Gasteiger partial charge on any atom is -0.497 e. The van der Waals surface area contributed by atoms with Crippen molar-refractivity contribution in [3.05, 3.63) is 72.1 Å². The van der Waals surface area contributed by atoms with Gasteiger partial charge in [0.25, 0.3) is 5.91 Å². The minimum absolute atomic E-state index is 0.122. The lowest BCUT2D eigenvalue weighted by atomic mass is 10.1. The molecule has 1 amide bonds. The summed E-state index contributed by atoms with van der Waals surface area (Å²) in [4.78, 5) is 20.8. The maximum absolute atomic E-state index is 12.5.